The molecule has 0 aliphatic carbocycles. The van der Waals surface area contributed by atoms with Gasteiger partial charge in [0.15, 0.2) is 0 Å². The maximum atomic E-state index is 6.47. The fourth-order valence-corrected chi connectivity index (χ4v) is 8.21. The highest BCUT2D eigenvalue weighted by molar-refractivity contribution is 6.12. The van der Waals surface area contributed by atoms with Gasteiger partial charge in [0.05, 0.1) is 5.69 Å². The number of fused-ring (bicyclic) bond motifs is 7. The van der Waals surface area contributed by atoms with Crippen molar-refractivity contribution in [1.29, 1.82) is 0 Å². The molecule has 0 fully saturated rings. The first kappa shape index (κ1) is 31.2. The van der Waals surface area contributed by atoms with Crippen LogP contribution < -0.4 is 4.90 Å². The SMILES string of the molecule is c1ccc(-c2ccc(-c3ccc4ccccc4c3)cc2N(c2ccc(-c3cccc4oc5ccccc5c34)cc2)c2ccc3c(c2)oc2ccccc23)cc1. The minimum absolute atomic E-state index is 0.853. The third-order valence-electron chi connectivity index (χ3n) is 10.9. The Labute approximate surface area is 317 Å². The summed E-state index contributed by atoms with van der Waals surface area (Å²) in [6, 6.07) is 71.1. The Kier molecular flexibility index (Phi) is 7.17. The van der Waals surface area contributed by atoms with Crippen LogP contribution in [0, 0.1) is 0 Å². The van der Waals surface area contributed by atoms with Gasteiger partial charge in [0, 0.05) is 44.5 Å². The van der Waals surface area contributed by atoms with E-state index in [0.29, 0.717) is 0 Å². The topological polar surface area (TPSA) is 29.5 Å². The Balaban J connectivity index is 1.13. The molecule has 11 rings (SSSR count). The Morgan fingerprint density at radius 3 is 1.76 bits per heavy atom. The van der Waals surface area contributed by atoms with Gasteiger partial charge in [-0.05, 0) is 93.2 Å². The van der Waals surface area contributed by atoms with Crippen molar-refractivity contribution in [2.45, 2.75) is 0 Å². The molecule has 0 N–H and O–H groups in total. The van der Waals surface area contributed by atoms with E-state index in [1.54, 1.807) is 0 Å². The Hall–Kier alpha value is -7.36. The monoisotopic (exact) mass is 703 g/mol. The van der Waals surface area contributed by atoms with Gasteiger partial charge in [0.25, 0.3) is 0 Å². The fraction of sp³-hybridized carbons (Fsp3) is 0. The molecule has 0 bridgehead atoms. The van der Waals surface area contributed by atoms with Crippen LogP contribution in [-0.4, -0.2) is 0 Å². The van der Waals surface area contributed by atoms with Gasteiger partial charge in [-0.15, -0.1) is 0 Å². The van der Waals surface area contributed by atoms with Crippen molar-refractivity contribution >= 4 is 71.7 Å². The summed E-state index contributed by atoms with van der Waals surface area (Å²) in [6.45, 7) is 0. The van der Waals surface area contributed by atoms with E-state index in [-0.39, 0.29) is 0 Å². The summed E-state index contributed by atoms with van der Waals surface area (Å²) in [5.74, 6) is 0. The van der Waals surface area contributed by atoms with Crippen LogP contribution in [0.2, 0.25) is 0 Å². The van der Waals surface area contributed by atoms with Crippen LogP contribution in [0.5, 0.6) is 0 Å². The van der Waals surface area contributed by atoms with Gasteiger partial charge in [-0.2, -0.15) is 0 Å². The molecule has 3 heteroatoms. The number of para-hydroxylation sites is 2. The molecule has 0 saturated carbocycles. The quantitative estimate of drug-likeness (QED) is 0.173. The average molecular weight is 704 g/mol. The predicted molar refractivity (Wildman–Crippen MR) is 229 cm³/mol. The number of nitrogens with zero attached hydrogens (tertiary/aromatic N) is 1. The number of hydrogen-bond donors (Lipinski definition) is 0. The second-order valence-electron chi connectivity index (χ2n) is 14.1. The zero-order chi connectivity index (χ0) is 36.3. The van der Waals surface area contributed by atoms with Crippen LogP contribution in [0.1, 0.15) is 0 Å². The number of furan rings is 2. The van der Waals surface area contributed by atoms with Crippen LogP contribution in [0.3, 0.4) is 0 Å². The third-order valence-corrected chi connectivity index (χ3v) is 10.9. The largest absolute Gasteiger partial charge is 0.456 e. The zero-order valence-corrected chi connectivity index (χ0v) is 29.8. The predicted octanol–water partition coefficient (Wildman–Crippen LogP) is 15.1. The first-order valence-electron chi connectivity index (χ1n) is 18.7. The second kappa shape index (κ2) is 12.6. The van der Waals surface area contributed by atoms with Crippen LogP contribution >= 0.6 is 0 Å². The highest BCUT2D eigenvalue weighted by Crippen LogP contribution is 2.45. The van der Waals surface area contributed by atoms with E-state index >= 15 is 0 Å². The molecule has 9 aromatic carbocycles. The standard InChI is InChI=1S/C52H33NO2/c1-2-12-35(13-3-1)42-29-25-39(38-22-21-34-11-4-5-14-37(34)31-38)32-47(42)53(41-28-30-45-44-15-6-8-18-48(44)55-51(45)33-41)40-26-23-36(24-27-40)43-17-10-20-50-52(43)46-16-7-9-19-49(46)54-50/h1-33H. The summed E-state index contributed by atoms with van der Waals surface area (Å²) < 4.78 is 12.7. The Bertz CT molecular complexity index is 3210. The molecule has 3 nitrogen and oxygen atoms in total. The maximum absolute atomic E-state index is 6.47. The highest BCUT2D eigenvalue weighted by atomic mass is 16.3. The zero-order valence-electron chi connectivity index (χ0n) is 29.8. The first-order chi connectivity index (χ1) is 27.2. The van der Waals surface area contributed by atoms with Crippen molar-refractivity contribution in [3.63, 3.8) is 0 Å². The molecular formula is C52H33NO2. The summed E-state index contributed by atoms with van der Waals surface area (Å²) in [5.41, 5.74) is 13.5. The molecule has 2 heterocycles. The van der Waals surface area contributed by atoms with Gasteiger partial charge in [-0.3, -0.25) is 0 Å². The van der Waals surface area contributed by atoms with Gasteiger partial charge in [0.1, 0.15) is 22.3 Å². The fourth-order valence-electron chi connectivity index (χ4n) is 8.21. The molecule has 0 atom stereocenters. The molecule has 2 aromatic heterocycles. The molecule has 55 heavy (non-hydrogen) atoms. The lowest BCUT2D eigenvalue weighted by molar-refractivity contribution is 0.668. The lowest BCUT2D eigenvalue weighted by atomic mass is 9.95. The van der Waals surface area contributed by atoms with Crippen molar-refractivity contribution in [2.24, 2.45) is 0 Å². The lowest BCUT2D eigenvalue weighted by Crippen LogP contribution is -2.11. The van der Waals surface area contributed by atoms with E-state index < -0.39 is 0 Å². The number of hydrogen-bond acceptors (Lipinski definition) is 3. The summed E-state index contributed by atoms with van der Waals surface area (Å²) in [5, 5.41) is 6.92. The van der Waals surface area contributed by atoms with Gasteiger partial charge in [-0.25, -0.2) is 0 Å². The molecule has 0 radical (unpaired) electrons. The summed E-state index contributed by atoms with van der Waals surface area (Å²) in [4.78, 5) is 2.37. The van der Waals surface area contributed by atoms with E-state index in [0.717, 1.165) is 88.8 Å². The van der Waals surface area contributed by atoms with Crippen LogP contribution in [-0.2, 0) is 0 Å². The first-order valence-corrected chi connectivity index (χ1v) is 18.7. The number of anilines is 3. The van der Waals surface area contributed by atoms with Crippen molar-refractivity contribution < 1.29 is 8.83 Å². The summed E-state index contributed by atoms with van der Waals surface area (Å²) in [7, 11) is 0. The molecule has 0 amide bonds. The molecule has 258 valence electrons. The minimum atomic E-state index is 0.853. The summed E-state index contributed by atoms with van der Waals surface area (Å²) >= 11 is 0. The molecular weight excluding hydrogens is 671 g/mol. The molecule has 0 aliphatic heterocycles. The smallest absolute Gasteiger partial charge is 0.137 e. The Morgan fingerprint density at radius 1 is 0.309 bits per heavy atom. The van der Waals surface area contributed by atoms with Crippen LogP contribution in [0.25, 0.3) is 88.0 Å². The molecule has 0 aliphatic rings. The van der Waals surface area contributed by atoms with Gasteiger partial charge in [-0.1, -0.05) is 140 Å². The molecule has 0 saturated heterocycles. The molecule has 11 aromatic rings. The van der Waals surface area contributed by atoms with E-state index in [1.165, 1.54) is 16.3 Å². The summed E-state index contributed by atoms with van der Waals surface area (Å²) in [6.07, 6.45) is 0. The van der Waals surface area contributed by atoms with Crippen LogP contribution in [0.15, 0.2) is 209 Å². The average Bonchev–Trinajstić information content (AvgIpc) is 3.82. The second-order valence-corrected chi connectivity index (χ2v) is 14.1. The lowest BCUT2D eigenvalue weighted by Gasteiger charge is -2.29. The maximum Gasteiger partial charge on any atom is 0.137 e. The number of benzene rings is 9. The van der Waals surface area contributed by atoms with Crippen molar-refractivity contribution in [3.8, 4) is 33.4 Å². The van der Waals surface area contributed by atoms with E-state index in [2.05, 4.69) is 181 Å². The minimum Gasteiger partial charge on any atom is -0.456 e. The van der Waals surface area contributed by atoms with Gasteiger partial charge >= 0.3 is 0 Å². The van der Waals surface area contributed by atoms with E-state index in [4.69, 9.17) is 8.83 Å². The van der Waals surface area contributed by atoms with Crippen LogP contribution in [0.4, 0.5) is 17.1 Å². The van der Waals surface area contributed by atoms with Gasteiger partial charge in [0.2, 0.25) is 0 Å². The third kappa shape index (κ3) is 5.28. The van der Waals surface area contributed by atoms with Crippen molar-refractivity contribution in [1.82, 2.24) is 0 Å². The van der Waals surface area contributed by atoms with E-state index in [1.807, 2.05) is 24.3 Å². The molecule has 0 unspecified atom stereocenters. The molecule has 0 spiro atoms. The normalized spacial score (nSPS) is 11.6. The highest BCUT2D eigenvalue weighted by Gasteiger charge is 2.21. The van der Waals surface area contributed by atoms with E-state index in [9.17, 15) is 0 Å². The Morgan fingerprint density at radius 2 is 0.909 bits per heavy atom. The van der Waals surface area contributed by atoms with Crippen molar-refractivity contribution in [2.75, 3.05) is 4.90 Å². The van der Waals surface area contributed by atoms with Gasteiger partial charge < -0.3 is 13.7 Å². The number of rotatable bonds is 6. The van der Waals surface area contributed by atoms with Crippen molar-refractivity contribution in [3.05, 3.63) is 200 Å².